The van der Waals surface area contributed by atoms with E-state index in [0.29, 0.717) is 25.2 Å². The first-order valence-corrected chi connectivity index (χ1v) is 5.89. The van der Waals surface area contributed by atoms with E-state index in [-0.39, 0.29) is 5.78 Å². The zero-order chi connectivity index (χ0) is 12.3. The minimum Gasteiger partial charge on any atom is -0.372 e. The number of nitrogens with zero attached hydrogens (tertiary/aromatic N) is 1. The summed E-state index contributed by atoms with van der Waals surface area (Å²) in [6.07, 6.45) is 1.47. The van der Waals surface area contributed by atoms with Crippen LogP contribution in [-0.4, -0.2) is 5.78 Å². The van der Waals surface area contributed by atoms with E-state index in [2.05, 4.69) is 6.07 Å². The van der Waals surface area contributed by atoms with Crippen LogP contribution >= 0.6 is 0 Å². The Morgan fingerprint density at radius 2 is 2.24 bits per heavy atom. The monoisotopic (exact) mass is 229 g/mol. The fourth-order valence-electron chi connectivity index (χ4n) is 2.07. The Labute approximate surface area is 101 Å². The first-order valence-electron chi connectivity index (χ1n) is 5.89. The highest BCUT2D eigenvalue weighted by Crippen LogP contribution is 2.23. The van der Waals surface area contributed by atoms with Gasteiger partial charge >= 0.3 is 0 Å². The Hall–Kier alpha value is -1.66. The maximum Gasteiger partial charge on any atom is 0.179 e. The van der Waals surface area contributed by atoms with Gasteiger partial charge < -0.3 is 4.74 Å². The summed E-state index contributed by atoms with van der Waals surface area (Å²) < 4.78 is 5.31. The lowest BCUT2D eigenvalue weighted by molar-refractivity contribution is 0.0943. The SMILES string of the molecule is CCCC(C#N)C(=O)c1ccc2c(c1)COC2. The fraction of sp³-hybridized carbons (Fsp3) is 0.429. The summed E-state index contributed by atoms with van der Waals surface area (Å²) in [5.41, 5.74) is 2.85. The second-order valence-corrected chi connectivity index (χ2v) is 4.31. The van der Waals surface area contributed by atoms with Gasteiger partial charge in [0.25, 0.3) is 0 Å². The van der Waals surface area contributed by atoms with Gasteiger partial charge in [0.05, 0.1) is 19.3 Å². The molecule has 1 aromatic rings. The van der Waals surface area contributed by atoms with Gasteiger partial charge in [-0.2, -0.15) is 5.26 Å². The number of rotatable bonds is 4. The number of ketones is 1. The molecule has 0 aromatic heterocycles. The van der Waals surface area contributed by atoms with Crippen molar-refractivity contribution in [1.82, 2.24) is 0 Å². The smallest absolute Gasteiger partial charge is 0.179 e. The number of hydrogen-bond donors (Lipinski definition) is 0. The van der Waals surface area contributed by atoms with Crippen LogP contribution in [0.4, 0.5) is 0 Å². The molecule has 2 rings (SSSR count). The summed E-state index contributed by atoms with van der Waals surface area (Å²) in [5.74, 6) is -0.579. The van der Waals surface area contributed by atoms with Gasteiger partial charge in [0.1, 0.15) is 5.92 Å². The highest BCUT2D eigenvalue weighted by Gasteiger charge is 2.20. The summed E-state index contributed by atoms with van der Waals surface area (Å²) in [5, 5.41) is 8.99. The molecule has 88 valence electrons. The van der Waals surface area contributed by atoms with Crippen LogP contribution in [0.15, 0.2) is 18.2 Å². The number of carbonyl (C=O) groups excluding carboxylic acids is 1. The van der Waals surface area contributed by atoms with Gasteiger partial charge in [-0.15, -0.1) is 0 Å². The van der Waals surface area contributed by atoms with Crippen molar-refractivity contribution >= 4 is 5.78 Å². The van der Waals surface area contributed by atoms with Crippen molar-refractivity contribution in [2.24, 2.45) is 5.92 Å². The van der Waals surface area contributed by atoms with Crippen molar-refractivity contribution in [3.8, 4) is 6.07 Å². The van der Waals surface area contributed by atoms with Crippen LogP contribution in [0.3, 0.4) is 0 Å². The fourth-order valence-corrected chi connectivity index (χ4v) is 2.07. The minimum absolute atomic E-state index is 0.0657. The lowest BCUT2D eigenvalue weighted by Gasteiger charge is -2.07. The van der Waals surface area contributed by atoms with Gasteiger partial charge in [-0.25, -0.2) is 0 Å². The van der Waals surface area contributed by atoms with Crippen LogP contribution in [0.1, 0.15) is 41.3 Å². The van der Waals surface area contributed by atoms with Crippen molar-refractivity contribution in [3.05, 3.63) is 34.9 Å². The van der Waals surface area contributed by atoms with Crippen molar-refractivity contribution in [3.63, 3.8) is 0 Å². The quantitative estimate of drug-likeness (QED) is 0.746. The number of ether oxygens (including phenoxy) is 1. The third-order valence-corrected chi connectivity index (χ3v) is 3.06. The number of fused-ring (bicyclic) bond motifs is 1. The standard InChI is InChI=1S/C14H15NO2/c1-2-3-11(7-15)14(16)10-4-5-12-8-17-9-13(12)6-10/h4-6,11H,2-3,8-9H2,1H3. The molecule has 1 aliphatic rings. The Morgan fingerprint density at radius 1 is 1.47 bits per heavy atom. The topological polar surface area (TPSA) is 50.1 Å². The first-order chi connectivity index (χ1) is 8.26. The molecule has 0 radical (unpaired) electrons. The first kappa shape index (κ1) is 11.8. The normalized spacial score (nSPS) is 15.1. The number of hydrogen-bond acceptors (Lipinski definition) is 3. The number of carbonyl (C=O) groups is 1. The van der Waals surface area contributed by atoms with Gasteiger partial charge in [-0.1, -0.05) is 25.5 Å². The van der Waals surface area contributed by atoms with E-state index in [9.17, 15) is 4.79 Å². The Kier molecular flexibility index (Phi) is 3.55. The maximum absolute atomic E-state index is 12.1. The summed E-state index contributed by atoms with van der Waals surface area (Å²) in [4.78, 5) is 12.1. The molecule has 1 heterocycles. The van der Waals surface area contributed by atoms with Crippen molar-refractivity contribution in [2.45, 2.75) is 33.0 Å². The van der Waals surface area contributed by atoms with Crippen LogP contribution < -0.4 is 0 Å². The Morgan fingerprint density at radius 3 is 2.94 bits per heavy atom. The van der Waals surface area contributed by atoms with E-state index in [4.69, 9.17) is 10.00 Å². The molecule has 0 spiro atoms. The highest BCUT2D eigenvalue weighted by atomic mass is 16.5. The second kappa shape index (κ2) is 5.11. The Balaban J connectivity index is 2.22. The molecule has 1 aromatic carbocycles. The van der Waals surface area contributed by atoms with Crippen LogP contribution in [0.5, 0.6) is 0 Å². The number of nitriles is 1. The summed E-state index contributed by atoms with van der Waals surface area (Å²) in [7, 11) is 0. The van der Waals surface area contributed by atoms with Crippen LogP contribution in [0.2, 0.25) is 0 Å². The van der Waals surface area contributed by atoms with E-state index in [0.717, 1.165) is 17.5 Å². The molecule has 0 saturated carbocycles. The zero-order valence-electron chi connectivity index (χ0n) is 9.90. The predicted molar refractivity (Wildman–Crippen MR) is 63.3 cm³/mol. The largest absolute Gasteiger partial charge is 0.372 e. The van der Waals surface area contributed by atoms with Crippen molar-refractivity contribution < 1.29 is 9.53 Å². The van der Waals surface area contributed by atoms with Gasteiger partial charge in [-0.05, 0) is 23.6 Å². The van der Waals surface area contributed by atoms with Crippen LogP contribution in [0.25, 0.3) is 0 Å². The summed E-state index contributed by atoms with van der Waals surface area (Å²) >= 11 is 0. The molecule has 3 heteroatoms. The molecule has 0 fully saturated rings. The minimum atomic E-state index is -0.514. The molecule has 1 atom stereocenters. The molecular formula is C14H15NO2. The maximum atomic E-state index is 12.1. The average Bonchev–Trinajstić information content (AvgIpc) is 2.82. The molecule has 1 aliphatic heterocycles. The molecule has 3 nitrogen and oxygen atoms in total. The average molecular weight is 229 g/mol. The molecule has 0 amide bonds. The van der Waals surface area contributed by atoms with E-state index >= 15 is 0 Å². The third kappa shape index (κ3) is 2.37. The molecule has 1 unspecified atom stereocenters. The summed E-state index contributed by atoms with van der Waals surface area (Å²) in [6.45, 7) is 3.18. The molecular weight excluding hydrogens is 214 g/mol. The zero-order valence-corrected chi connectivity index (χ0v) is 9.90. The molecule has 0 saturated heterocycles. The number of Topliss-reactive ketones (excluding diaryl/α,β-unsaturated/α-hetero) is 1. The van der Waals surface area contributed by atoms with Gasteiger partial charge in [-0.3, -0.25) is 4.79 Å². The molecule has 0 bridgehead atoms. The van der Waals surface area contributed by atoms with Crippen LogP contribution in [0, 0.1) is 17.2 Å². The van der Waals surface area contributed by atoms with E-state index in [1.807, 2.05) is 19.1 Å². The lowest BCUT2D eigenvalue weighted by atomic mass is 9.93. The molecule has 0 N–H and O–H groups in total. The van der Waals surface area contributed by atoms with Crippen molar-refractivity contribution in [2.75, 3.05) is 0 Å². The highest BCUT2D eigenvalue weighted by molar-refractivity contribution is 5.99. The molecule has 17 heavy (non-hydrogen) atoms. The van der Waals surface area contributed by atoms with Gasteiger partial charge in [0.15, 0.2) is 5.78 Å². The summed E-state index contributed by atoms with van der Waals surface area (Å²) in [6, 6.07) is 7.68. The van der Waals surface area contributed by atoms with E-state index < -0.39 is 5.92 Å². The van der Waals surface area contributed by atoms with Crippen molar-refractivity contribution in [1.29, 1.82) is 5.26 Å². The number of benzene rings is 1. The predicted octanol–water partition coefficient (Wildman–Crippen LogP) is 2.84. The Bertz CT molecular complexity index is 474. The van der Waals surface area contributed by atoms with Crippen LogP contribution in [-0.2, 0) is 18.0 Å². The lowest BCUT2D eigenvalue weighted by Crippen LogP contribution is -2.13. The second-order valence-electron chi connectivity index (χ2n) is 4.31. The third-order valence-electron chi connectivity index (χ3n) is 3.06. The van der Waals surface area contributed by atoms with Gasteiger partial charge in [0, 0.05) is 5.56 Å². The molecule has 0 aliphatic carbocycles. The van der Waals surface area contributed by atoms with Gasteiger partial charge in [0.2, 0.25) is 0 Å². The van der Waals surface area contributed by atoms with E-state index in [1.165, 1.54) is 0 Å². The van der Waals surface area contributed by atoms with E-state index in [1.54, 1.807) is 6.07 Å².